The third-order valence-electron chi connectivity index (χ3n) is 4.37. The first-order chi connectivity index (χ1) is 11.4. The summed E-state index contributed by atoms with van der Waals surface area (Å²) in [6.07, 6.45) is 3.27. The Balaban J connectivity index is 1.88. The average Bonchev–Trinajstić information content (AvgIpc) is 3.01. The van der Waals surface area contributed by atoms with E-state index in [2.05, 4.69) is 10.2 Å². The molecule has 2 aromatic rings. The van der Waals surface area contributed by atoms with Crippen molar-refractivity contribution in [1.29, 1.82) is 0 Å². The van der Waals surface area contributed by atoms with E-state index in [-0.39, 0.29) is 16.6 Å². The number of carbonyl (C=O) groups is 1. The third kappa shape index (κ3) is 3.11. The second kappa shape index (κ2) is 6.45. The normalized spacial score (nSPS) is 19.3. The SMILES string of the molecule is CC(=O)c1cccc(S(=O)(=O)N2CCC[C@H](c3nncn3C)C2)c1. The van der Waals surface area contributed by atoms with Gasteiger partial charge in [-0.3, -0.25) is 4.79 Å². The molecule has 0 N–H and O–H groups in total. The van der Waals surface area contributed by atoms with Gasteiger partial charge in [0.1, 0.15) is 12.2 Å². The highest BCUT2D eigenvalue weighted by atomic mass is 32.2. The van der Waals surface area contributed by atoms with Crippen molar-refractivity contribution in [3.8, 4) is 0 Å². The van der Waals surface area contributed by atoms with Crippen molar-refractivity contribution in [1.82, 2.24) is 19.1 Å². The molecular formula is C16H20N4O3S. The number of aryl methyl sites for hydroxylation is 1. The summed E-state index contributed by atoms with van der Waals surface area (Å²) in [5, 5.41) is 7.99. The highest BCUT2D eigenvalue weighted by molar-refractivity contribution is 7.89. The Labute approximate surface area is 141 Å². The minimum atomic E-state index is -3.63. The second-order valence-electron chi connectivity index (χ2n) is 6.09. The van der Waals surface area contributed by atoms with Gasteiger partial charge in [-0.25, -0.2) is 8.42 Å². The first-order valence-electron chi connectivity index (χ1n) is 7.84. The topological polar surface area (TPSA) is 85.2 Å². The number of carbonyl (C=O) groups excluding carboxylic acids is 1. The summed E-state index contributed by atoms with van der Waals surface area (Å²) >= 11 is 0. The molecular weight excluding hydrogens is 328 g/mol. The minimum absolute atomic E-state index is 0.0250. The first-order valence-corrected chi connectivity index (χ1v) is 9.28. The van der Waals surface area contributed by atoms with Gasteiger partial charge in [0.25, 0.3) is 0 Å². The number of piperidine rings is 1. The van der Waals surface area contributed by atoms with Crippen molar-refractivity contribution in [3.63, 3.8) is 0 Å². The molecule has 1 aromatic heterocycles. The first kappa shape index (κ1) is 16.8. The lowest BCUT2D eigenvalue weighted by Gasteiger charge is -2.31. The van der Waals surface area contributed by atoms with Crippen molar-refractivity contribution in [2.24, 2.45) is 7.05 Å². The fraction of sp³-hybridized carbons (Fsp3) is 0.438. The predicted octanol–water partition coefficient (Wildman–Crippen LogP) is 1.59. The maximum Gasteiger partial charge on any atom is 0.243 e. The van der Waals surface area contributed by atoms with Gasteiger partial charge < -0.3 is 4.57 Å². The molecule has 0 spiro atoms. The van der Waals surface area contributed by atoms with Gasteiger partial charge in [0.15, 0.2) is 5.78 Å². The molecule has 1 atom stereocenters. The van der Waals surface area contributed by atoms with Gasteiger partial charge in [0.05, 0.1) is 4.90 Å². The highest BCUT2D eigenvalue weighted by Crippen LogP contribution is 2.29. The van der Waals surface area contributed by atoms with Crippen LogP contribution in [0.1, 0.15) is 41.9 Å². The van der Waals surface area contributed by atoms with Gasteiger partial charge in [0.2, 0.25) is 10.0 Å². The summed E-state index contributed by atoms with van der Waals surface area (Å²) in [5.74, 6) is 0.673. The van der Waals surface area contributed by atoms with E-state index in [0.717, 1.165) is 18.7 Å². The molecule has 0 radical (unpaired) electrons. The van der Waals surface area contributed by atoms with Crippen LogP contribution in [-0.4, -0.2) is 46.4 Å². The van der Waals surface area contributed by atoms with Crippen LogP contribution in [0.3, 0.4) is 0 Å². The van der Waals surface area contributed by atoms with E-state index in [1.165, 1.54) is 23.4 Å². The summed E-state index contributed by atoms with van der Waals surface area (Å²) in [4.78, 5) is 11.7. The number of Topliss-reactive ketones (excluding diaryl/α,β-unsaturated/α-hetero) is 1. The Morgan fingerprint density at radius 2 is 2.12 bits per heavy atom. The van der Waals surface area contributed by atoms with Gasteiger partial charge >= 0.3 is 0 Å². The monoisotopic (exact) mass is 348 g/mol. The molecule has 1 saturated heterocycles. The maximum absolute atomic E-state index is 12.9. The number of rotatable bonds is 4. The fourth-order valence-electron chi connectivity index (χ4n) is 3.06. The summed E-state index contributed by atoms with van der Waals surface area (Å²) in [7, 11) is -1.77. The van der Waals surface area contributed by atoms with E-state index < -0.39 is 10.0 Å². The van der Waals surface area contributed by atoms with Crippen molar-refractivity contribution >= 4 is 15.8 Å². The van der Waals surface area contributed by atoms with Crippen molar-refractivity contribution < 1.29 is 13.2 Å². The van der Waals surface area contributed by atoms with Crippen LogP contribution in [0.25, 0.3) is 0 Å². The molecule has 0 bridgehead atoms. The lowest BCUT2D eigenvalue weighted by Crippen LogP contribution is -2.39. The average molecular weight is 348 g/mol. The van der Waals surface area contributed by atoms with E-state index >= 15 is 0 Å². The van der Waals surface area contributed by atoms with Crippen LogP contribution >= 0.6 is 0 Å². The van der Waals surface area contributed by atoms with Gasteiger partial charge in [-0.1, -0.05) is 12.1 Å². The minimum Gasteiger partial charge on any atom is -0.320 e. The summed E-state index contributed by atoms with van der Waals surface area (Å²) < 4.78 is 29.2. The Morgan fingerprint density at radius 1 is 1.33 bits per heavy atom. The van der Waals surface area contributed by atoms with E-state index in [4.69, 9.17) is 0 Å². The van der Waals surface area contributed by atoms with Crippen molar-refractivity contribution in [2.75, 3.05) is 13.1 Å². The summed E-state index contributed by atoms with van der Waals surface area (Å²) in [5.41, 5.74) is 0.401. The number of benzene rings is 1. The fourth-order valence-corrected chi connectivity index (χ4v) is 4.63. The highest BCUT2D eigenvalue weighted by Gasteiger charge is 2.32. The molecule has 1 fully saturated rings. The Hall–Kier alpha value is -2.06. The van der Waals surface area contributed by atoms with E-state index in [9.17, 15) is 13.2 Å². The zero-order chi connectivity index (χ0) is 17.3. The predicted molar refractivity (Wildman–Crippen MR) is 88.2 cm³/mol. The van der Waals surface area contributed by atoms with Crippen LogP contribution in [0.4, 0.5) is 0 Å². The van der Waals surface area contributed by atoms with Gasteiger partial charge in [-0.05, 0) is 31.9 Å². The third-order valence-corrected chi connectivity index (χ3v) is 6.24. The smallest absolute Gasteiger partial charge is 0.243 e. The van der Waals surface area contributed by atoms with Crippen LogP contribution in [0.5, 0.6) is 0 Å². The standard InChI is InChI=1S/C16H20N4O3S/c1-12(21)13-5-3-7-15(9-13)24(22,23)20-8-4-6-14(10-20)16-18-17-11-19(16)2/h3,5,7,9,11,14H,4,6,8,10H2,1-2H3/t14-/m0/s1. The molecule has 0 unspecified atom stereocenters. The molecule has 1 aliphatic rings. The number of ketones is 1. The molecule has 2 heterocycles. The number of hydrogen-bond donors (Lipinski definition) is 0. The van der Waals surface area contributed by atoms with Crippen LogP contribution in [0.2, 0.25) is 0 Å². The van der Waals surface area contributed by atoms with Crippen molar-refractivity contribution in [3.05, 3.63) is 42.0 Å². The molecule has 1 aromatic carbocycles. The van der Waals surface area contributed by atoms with Crippen LogP contribution < -0.4 is 0 Å². The summed E-state index contributed by atoms with van der Waals surface area (Å²) in [6.45, 7) is 2.27. The lowest BCUT2D eigenvalue weighted by atomic mass is 9.99. The number of hydrogen-bond acceptors (Lipinski definition) is 5. The molecule has 1 aliphatic heterocycles. The molecule has 8 heteroatoms. The van der Waals surface area contributed by atoms with E-state index in [1.54, 1.807) is 18.5 Å². The second-order valence-corrected chi connectivity index (χ2v) is 8.02. The van der Waals surface area contributed by atoms with Crippen LogP contribution in [-0.2, 0) is 17.1 Å². The Bertz CT molecular complexity index is 860. The largest absolute Gasteiger partial charge is 0.320 e. The Morgan fingerprint density at radius 3 is 2.79 bits per heavy atom. The zero-order valence-corrected chi connectivity index (χ0v) is 14.5. The van der Waals surface area contributed by atoms with Crippen LogP contribution in [0.15, 0.2) is 35.5 Å². The Kier molecular flexibility index (Phi) is 4.51. The molecule has 24 heavy (non-hydrogen) atoms. The maximum atomic E-state index is 12.9. The molecule has 0 saturated carbocycles. The van der Waals surface area contributed by atoms with Gasteiger partial charge in [0, 0.05) is 31.6 Å². The number of sulfonamides is 1. The summed E-state index contributed by atoms with van der Waals surface area (Å²) in [6, 6.07) is 6.21. The molecule has 7 nitrogen and oxygen atoms in total. The lowest BCUT2D eigenvalue weighted by molar-refractivity contribution is 0.101. The van der Waals surface area contributed by atoms with Crippen LogP contribution in [0, 0.1) is 0 Å². The molecule has 0 amide bonds. The molecule has 3 rings (SSSR count). The molecule has 0 aliphatic carbocycles. The van der Waals surface area contributed by atoms with Crippen molar-refractivity contribution in [2.45, 2.75) is 30.6 Å². The number of nitrogens with zero attached hydrogens (tertiary/aromatic N) is 4. The number of aromatic nitrogens is 3. The van der Waals surface area contributed by atoms with E-state index in [1.807, 2.05) is 11.6 Å². The van der Waals surface area contributed by atoms with Gasteiger partial charge in [-0.2, -0.15) is 4.31 Å². The van der Waals surface area contributed by atoms with E-state index in [0.29, 0.717) is 18.7 Å². The zero-order valence-electron chi connectivity index (χ0n) is 13.7. The van der Waals surface area contributed by atoms with Gasteiger partial charge in [-0.15, -0.1) is 10.2 Å². The quantitative estimate of drug-likeness (QED) is 0.783. The molecule has 128 valence electrons.